The van der Waals surface area contributed by atoms with Crippen LogP contribution in [0.5, 0.6) is 0 Å². The molecule has 2 amide bonds. The topological polar surface area (TPSA) is 105 Å². The summed E-state index contributed by atoms with van der Waals surface area (Å²) in [6, 6.07) is -0.427. The highest BCUT2D eigenvalue weighted by molar-refractivity contribution is 5.84. The fourth-order valence-electron chi connectivity index (χ4n) is 3.45. The van der Waals surface area contributed by atoms with Gasteiger partial charge in [-0.05, 0) is 47.0 Å². The Morgan fingerprint density at radius 2 is 1.24 bits per heavy atom. The molecule has 1 aliphatic heterocycles. The number of nitrogens with one attached hydrogen (secondary N) is 1. The number of allylic oxidation sites excluding steroid dienone is 16. The van der Waals surface area contributed by atoms with Gasteiger partial charge in [0.25, 0.3) is 0 Å². The van der Waals surface area contributed by atoms with Gasteiger partial charge >= 0.3 is 18.0 Å². The van der Waals surface area contributed by atoms with Crippen molar-refractivity contribution in [3.8, 4) is 0 Å². The zero-order chi connectivity index (χ0) is 30.5. The van der Waals surface area contributed by atoms with Gasteiger partial charge in [-0.3, -0.25) is 0 Å². The van der Waals surface area contributed by atoms with Crippen molar-refractivity contribution in [1.29, 1.82) is 0 Å². The summed E-state index contributed by atoms with van der Waals surface area (Å²) in [6.07, 6.45) is 27.4. The van der Waals surface area contributed by atoms with Crippen LogP contribution in [0.3, 0.4) is 0 Å². The van der Waals surface area contributed by atoms with Gasteiger partial charge in [-0.25, -0.2) is 14.4 Å². The number of urea groups is 1. The molecule has 0 aromatic heterocycles. The van der Waals surface area contributed by atoms with E-state index in [1.807, 2.05) is 88.5 Å². The maximum absolute atomic E-state index is 12.2. The van der Waals surface area contributed by atoms with E-state index in [1.54, 1.807) is 17.1 Å². The lowest BCUT2D eigenvalue weighted by atomic mass is 10.1. The monoisotopic (exact) mass is 564 g/mol. The van der Waals surface area contributed by atoms with Gasteiger partial charge in [-0.15, -0.1) is 0 Å². The molecule has 0 aliphatic carbocycles. The summed E-state index contributed by atoms with van der Waals surface area (Å²) in [5.41, 5.74) is 6.00. The Labute approximate surface area is 244 Å². The van der Waals surface area contributed by atoms with Crippen molar-refractivity contribution in [1.82, 2.24) is 10.4 Å². The van der Waals surface area contributed by atoms with Crippen molar-refractivity contribution in [2.45, 2.75) is 60.0 Å². The number of carboxylic acid groups (broad SMARTS) is 1. The van der Waals surface area contributed by atoms with Crippen molar-refractivity contribution < 1.29 is 29.1 Å². The zero-order valence-electron chi connectivity index (χ0n) is 24.8. The van der Waals surface area contributed by atoms with Crippen molar-refractivity contribution in [2.24, 2.45) is 0 Å². The molecule has 0 atom stereocenters. The van der Waals surface area contributed by atoms with Gasteiger partial charge in [0.1, 0.15) is 0 Å². The SMILES string of the molecule is CCCOC1CCN(C(=O)NOC(=O)/C=C/C(C)=C/C=C/C(C)=C/C=C/C=C(C)/C=C/C=C(C)\C=C\C(=O)O)CC1. The first-order valence-electron chi connectivity index (χ1n) is 13.8. The van der Waals surface area contributed by atoms with Gasteiger partial charge in [0, 0.05) is 31.8 Å². The summed E-state index contributed by atoms with van der Waals surface area (Å²) in [7, 11) is 0. The highest BCUT2D eigenvalue weighted by atomic mass is 16.7. The first-order valence-corrected chi connectivity index (χ1v) is 13.8. The number of carbonyl (C=O) groups is 3. The average molecular weight is 565 g/mol. The van der Waals surface area contributed by atoms with Crippen LogP contribution in [0, 0.1) is 0 Å². The number of carboxylic acids is 1. The number of piperidine rings is 1. The molecule has 8 heteroatoms. The van der Waals surface area contributed by atoms with Gasteiger partial charge in [0.2, 0.25) is 0 Å². The Kier molecular flexibility index (Phi) is 17.6. The molecule has 0 aromatic carbocycles. The minimum absolute atomic E-state index is 0.181. The molecule has 1 fully saturated rings. The number of likely N-dealkylation sites (tertiary alicyclic amines) is 1. The molecule has 0 bridgehead atoms. The van der Waals surface area contributed by atoms with Crippen LogP contribution in [0.1, 0.15) is 53.9 Å². The third kappa shape index (κ3) is 17.9. The predicted molar refractivity (Wildman–Crippen MR) is 164 cm³/mol. The lowest BCUT2D eigenvalue weighted by Gasteiger charge is -2.31. The lowest BCUT2D eigenvalue weighted by Crippen LogP contribution is -2.46. The molecule has 0 spiro atoms. The van der Waals surface area contributed by atoms with Crippen molar-refractivity contribution in [3.05, 3.63) is 107 Å². The molecule has 0 radical (unpaired) electrons. The van der Waals surface area contributed by atoms with E-state index in [0.29, 0.717) is 13.1 Å². The molecule has 1 heterocycles. The van der Waals surface area contributed by atoms with E-state index in [1.165, 1.54) is 6.08 Å². The van der Waals surface area contributed by atoms with Crippen LogP contribution in [0.15, 0.2) is 107 Å². The maximum atomic E-state index is 12.2. The van der Waals surface area contributed by atoms with Crippen LogP contribution in [-0.2, 0) is 19.2 Å². The van der Waals surface area contributed by atoms with Crippen LogP contribution in [0.2, 0.25) is 0 Å². The first kappa shape index (κ1) is 34.9. The Bertz CT molecular complexity index is 1140. The number of rotatable bonds is 13. The number of amides is 2. The Morgan fingerprint density at radius 3 is 1.76 bits per heavy atom. The maximum Gasteiger partial charge on any atom is 0.355 e. The van der Waals surface area contributed by atoms with Gasteiger partial charge in [0.15, 0.2) is 0 Å². The number of nitrogens with zero attached hydrogens (tertiary/aromatic N) is 1. The third-order valence-electron chi connectivity index (χ3n) is 5.76. The normalized spacial score (nSPS) is 16.7. The third-order valence-corrected chi connectivity index (χ3v) is 5.76. The van der Waals surface area contributed by atoms with Gasteiger partial charge in [0.05, 0.1) is 6.10 Å². The van der Waals surface area contributed by atoms with E-state index in [4.69, 9.17) is 14.7 Å². The van der Waals surface area contributed by atoms with Crippen molar-refractivity contribution in [2.75, 3.05) is 19.7 Å². The molecule has 8 nitrogen and oxygen atoms in total. The fourth-order valence-corrected chi connectivity index (χ4v) is 3.45. The molecule has 1 rings (SSSR count). The number of ether oxygens (including phenoxy) is 1. The predicted octanol–water partition coefficient (Wildman–Crippen LogP) is 6.70. The summed E-state index contributed by atoms with van der Waals surface area (Å²) in [6.45, 7) is 11.6. The standard InChI is InChI=1S/C33H44N2O6/c1-6-25-40-30-21-23-35(24-22-30)33(39)34-41-32(38)20-18-29(5)16-10-14-27(3)12-8-7-11-26(2)13-9-15-28(4)17-19-31(36)37/h7-20,30H,6,21-25H2,1-5H3,(H,34,39)(H,36,37)/b8-7+,13-9+,14-10+,19-17+,20-18+,26-11+,27-12+,28-15-,29-16+. The quantitative estimate of drug-likeness (QED) is 0.147. The highest BCUT2D eigenvalue weighted by Crippen LogP contribution is 2.14. The Hall–Kier alpha value is -4.17. The molecule has 0 unspecified atom stereocenters. The second-order valence-corrected chi connectivity index (χ2v) is 9.64. The van der Waals surface area contributed by atoms with Crippen molar-refractivity contribution >= 4 is 18.0 Å². The lowest BCUT2D eigenvalue weighted by molar-refractivity contribution is -0.143. The fraction of sp³-hybridized carbons (Fsp3) is 0.364. The van der Waals surface area contributed by atoms with E-state index < -0.39 is 18.0 Å². The summed E-state index contributed by atoms with van der Waals surface area (Å²) < 4.78 is 5.72. The summed E-state index contributed by atoms with van der Waals surface area (Å²) in [5.74, 6) is -1.62. The van der Waals surface area contributed by atoms with E-state index in [0.717, 1.165) is 54.2 Å². The zero-order valence-corrected chi connectivity index (χ0v) is 24.8. The smallest absolute Gasteiger partial charge is 0.355 e. The first-order chi connectivity index (χ1) is 19.6. The molecular formula is C33H44N2O6. The Morgan fingerprint density at radius 1 is 0.756 bits per heavy atom. The van der Waals surface area contributed by atoms with Crippen molar-refractivity contribution in [3.63, 3.8) is 0 Å². The Balaban J connectivity index is 2.43. The second-order valence-electron chi connectivity index (χ2n) is 9.64. The van der Waals surface area contributed by atoms with Gasteiger partial charge in [-0.1, -0.05) is 102 Å². The highest BCUT2D eigenvalue weighted by Gasteiger charge is 2.23. The number of hydroxylamine groups is 1. The van der Waals surface area contributed by atoms with Gasteiger partial charge < -0.3 is 19.6 Å². The summed E-state index contributed by atoms with van der Waals surface area (Å²) in [5, 5.41) is 8.64. The molecule has 222 valence electrons. The molecular weight excluding hydrogens is 520 g/mol. The molecule has 0 saturated carbocycles. The van der Waals surface area contributed by atoms with Gasteiger partial charge in [-0.2, -0.15) is 5.48 Å². The summed E-state index contributed by atoms with van der Waals surface area (Å²) >= 11 is 0. The van der Waals surface area contributed by atoms with Crippen LogP contribution in [-0.4, -0.2) is 53.8 Å². The van der Waals surface area contributed by atoms with Crippen LogP contribution >= 0.6 is 0 Å². The van der Waals surface area contributed by atoms with E-state index in [9.17, 15) is 14.4 Å². The van der Waals surface area contributed by atoms with E-state index in [2.05, 4.69) is 12.4 Å². The minimum Gasteiger partial charge on any atom is -0.478 e. The molecule has 2 N–H and O–H groups in total. The summed E-state index contributed by atoms with van der Waals surface area (Å²) in [4.78, 5) is 41.2. The number of aliphatic carboxylic acids is 1. The van der Waals surface area contributed by atoms with Crippen LogP contribution in [0.25, 0.3) is 0 Å². The largest absolute Gasteiger partial charge is 0.478 e. The molecule has 1 saturated heterocycles. The van der Waals surface area contributed by atoms with E-state index >= 15 is 0 Å². The second kappa shape index (κ2) is 20.7. The minimum atomic E-state index is -0.968. The van der Waals surface area contributed by atoms with E-state index in [-0.39, 0.29) is 6.10 Å². The molecule has 1 aliphatic rings. The van der Waals surface area contributed by atoms with Crippen LogP contribution < -0.4 is 5.48 Å². The number of hydrogen-bond acceptors (Lipinski definition) is 5. The average Bonchev–Trinajstić information content (AvgIpc) is 2.95. The number of hydrogen-bond donors (Lipinski definition) is 2. The molecule has 41 heavy (non-hydrogen) atoms. The molecule has 0 aromatic rings. The van der Waals surface area contributed by atoms with Crippen LogP contribution in [0.4, 0.5) is 4.79 Å². The number of carbonyl (C=O) groups excluding carboxylic acids is 2.